The Morgan fingerprint density at radius 1 is 0.568 bits per heavy atom. The highest BCUT2D eigenvalue weighted by molar-refractivity contribution is 7.27. The number of hydrogen-bond acceptors (Lipinski definition) is 2. The molecule has 2 aliphatic rings. The zero-order chi connectivity index (χ0) is 28.7. The maximum atomic E-state index is 2.54. The molecule has 1 nitrogen and oxygen atoms in total. The van der Waals surface area contributed by atoms with Gasteiger partial charge in [0.05, 0.1) is 16.7 Å². The van der Waals surface area contributed by atoms with E-state index in [-0.39, 0.29) is 5.41 Å². The van der Waals surface area contributed by atoms with Crippen LogP contribution in [0.4, 0.5) is 0 Å². The van der Waals surface area contributed by atoms with Crippen molar-refractivity contribution in [3.8, 4) is 16.8 Å². The molecule has 206 valence electrons. The van der Waals surface area contributed by atoms with Crippen molar-refractivity contribution in [2.75, 3.05) is 0 Å². The Balaban J connectivity index is 1.25. The Bertz CT molecular complexity index is 2770. The summed E-state index contributed by atoms with van der Waals surface area (Å²) in [5.74, 6) is 0. The third-order valence-corrected chi connectivity index (χ3v) is 12.7. The van der Waals surface area contributed by atoms with Gasteiger partial charge in [-0.3, -0.25) is 0 Å². The molecule has 11 rings (SSSR count). The van der Waals surface area contributed by atoms with Crippen LogP contribution in [0, 0.1) is 0 Å². The summed E-state index contributed by atoms with van der Waals surface area (Å²) in [4.78, 5) is 0. The van der Waals surface area contributed by atoms with Crippen molar-refractivity contribution in [2.45, 2.75) is 18.8 Å². The van der Waals surface area contributed by atoms with E-state index in [9.17, 15) is 0 Å². The molecule has 0 unspecified atom stereocenters. The van der Waals surface area contributed by atoms with Crippen LogP contribution in [0.15, 0.2) is 115 Å². The summed E-state index contributed by atoms with van der Waals surface area (Å²) in [6.07, 6.45) is 5.85. The first-order valence-corrected chi connectivity index (χ1v) is 17.0. The molecule has 3 heterocycles. The minimum absolute atomic E-state index is 0.0778. The SMILES string of the molecule is C[C@@]12CC=Cc3c(-n4c5ccccc5c5c6sc7ccccc7c6ccc54)ccc(c31)-c1ccc3sc4ccccc4c3c12. The van der Waals surface area contributed by atoms with E-state index in [4.69, 9.17) is 0 Å². The quantitative estimate of drug-likeness (QED) is 0.178. The van der Waals surface area contributed by atoms with Crippen LogP contribution in [-0.4, -0.2) is 4.57 Å². The zero-order valence-corrected chi connectivity index (χ0v) is 25.7. The number of benzene rings is 6. The fourth-order valence-corrected chi connectivity index (χ4v) is 11.0. The van der Waals surface area contributed by atoms with E-state index >= 15 is 0 Å². The van der Waals surface area contributed by atoms with E-state index in [1.807, 2.05) is 22.7 Å². The summed E-state index contributed by atoms with van der Waals surface area (Å²) in [7, 11) is 0. The van der Waals surface area contributed by atoms with Crippen molar-refractivity contribution in [3.63, 3.8) is 0 Å². The number of aromatic nitrogens is 1. The lowest BCUT2D eigenvalue weighted by Crippen LogP contribution is -2.24. The molecule has 0 bridgehead atoms. The summed E-state index contributed by atoms with van der Waals surface area (Å²) < 4.78 is 8.04. The molecule has 0 saturated heterocycles. The van der Waals surface area contributed by atoms with E-state index in [1.54, 1.807) is 0 Å². The Morgan fingerprint density at radius 3 is 2.18 bits per heavy atom. The number of hydrogen-bond donors (Lipinski definition) is 0. The maximum absolute atomic E-state index is 2.54. The average Bonchev–Trinajstić information content (AvgIpc) is 3.78. The Hall–Kier alpha value is -4.70. The number of rotatable bonds is 1. The van der Waals surface area contributed by atoms with Crippen molar-refractivity contribution < 1.29 is 0 Å². The molecule has 0 amide bonds. The molecule has 0 N–H and O–H groups in total. The van der Waals surface area contributed by atoms with Crippen LogP contribution in [0.5, 0.6) is 0 Å². The first-order chi connectivity index (χ1) is 21.7. The van der Waals surface area contributed by atoms with Crippen LogP contribution < -0.4 is 0 Å². The summed E-state index contributed by atoms with van der Waals surface area (Å²) in [6.45, 7) is 2.49. The largest absolute Gasteiger partial charge is 0.309 e. The lowest BCUT2D eigenvalue weighted by Gasteiger charge is -2.32. The second kappa shape index (κ2) is 8.06. The average molecular weight is 596 g/mol. The van der Waals surface area contributed by atoms with E-state index in [2.05, 4.69) is 133 Å². The molecule has 0 spiro atoms. The molecular weight excluding hydrogens is 571 g/mol. The van der Waals surface area contributed by atoms with Crippen molar-refractivity contribution in [1.29, 1.82) is 0 Å². The minimum Gasteiger partial charge on any atom is -0.309 e. The first-order valence-electron chi connectivity index (χ1n) is 15.3. The molecule has 0 radical (unpaired) electrons. The van der Waals surface area contributed by atoms with Gasteiger partial charge in [0.15, 0.2) is 0 Å². The molecule has 0 saturated carbocycles. The second-order valence-electron chi connectivity index (χ2n) is 12.6. The molecule has 6 aromatic carbocycles. The van der Waals surface area contributed by atoms with Crippen LogP contribution in [0.1, 0.15) is 30.0 Å². The van der Waals surface area contributed by atoms with Crippen molar-refractivity contribution >= 4 is 90.9 Å². The molecule has 2 aliphatic carbocycles. The third kappa shape index (κ3) is 2.73. The highest BCUT2D eigenvalue weighted by Crippen LogP contribution is 2.59. The van der Waals surface area contributed by atoms with Gasteiger partial charge in [0.25, 0.3) is 0 Å². The summed E-state index contributed by atoms with van der Waals surface area (Å²) in [5, 5.41) is 8.24. The predicted octanol–water partition coefficient (Wildman–Crippen LogP) is 12.2. The van der Waals surface area contributed by atoms with Gasteiger partial charge in [-0.2, -0.15) is 0 Å². The zero-order valence-electron chi connectivity index (χ0n) is 24.0. The second-order valence-corrected chi connectivity index (χ2v) is 14.7. The van der Waals surface area contributed by atoms with Crippen LogP contribution in [0.3, 0.4) is 0 Å². The summed E-state index contributed by atoms with van der Waals surface area (Å²) >= 11 is 3.85. The first kappa shape index (κ1) is 23.7. The summed E-state index contributed by atoms with van der Waals surface area (Å²) in [6, 6.07) is 41.0. The fourth-order valence-electron chi connectivity index (χ4n) is 8.64. The molecule has 9 aromatic rings. The lowest BCUT2D eigenvalue weighted by atomic mass is 9.71. The lowest BCUT2D eigenvalue weighted by molar-refractivity contribution is 0.596. The fraction of sp³-hybridized carbons (Fsp3) is 0.0732. The third-order valence-electron chi connectivity index (χ3n) is 10.4. The Labute approximate surface area is 261 Å². The van der Waals surface area contributed by atoms with Crippen molar-refractivity contribution in [3.05, 3.63) is 132 Å². The van der Waals surface area contributed by atoms with Crippen LogP contribution in [0.25, 0.3) is 85.0 Å². The van der Waals surface area contributed by atoms with Gasteiger partial charge < -0.3 is 4.57 Å². The highest BCUT2D eigenvalue weighted by Gasteiger charge is 2.44. The Morgan fingerprint density at radius 2 is 1.30 bits per heavy atom. The molecule has 3 aromatic heterocycles. The molecule has 1 atom stereocenters. The van der Waals surface area contributed by atoms with E-state index in [0.717, 1.165) is 6.42 Å². The van der Waals surface area contributed by atoms with Crippen LogP contribution in [0.2, 0.25) is 0 Å². The number of nitrogens with zero attached hydrogens (tertiary/aromatic N) is 1. The van der Waals surface area contributed by atoms with E-state index in [1.165, 1.54) is 95.7 Å². The van der Waals surface area contributed by atoms with Gasteiger partial charge in [-0.15, -0.1) is 22.7 Å². The number of allylic oxidation sites excluding steroid dienone is 1. The van der Waals surface area contributed by atoms with Crippen LogP contribution >= 0.6 is 22.7 Å². The van der Waals surface area contributed by atoms with Gasteiger partial charge in [0.2, 0.25) is 0 Å². The standard InChI is InChI=1S/C41H25NS2/c1-41-22-8-12-28-31(19-16-24(38(28)41)25-18-21-35-37(39(25)41)29-11-4-7-15-34(29)43-35)42-30-13-5-2-10-27(30)36-32(42)20-17-26-23-9-3-6-14-33(23)44-40(26)36/h2-21H,22H2,1H3/t41-/m1/s1. The van der Waals surface area contributed by atoms with Crippen molar-refractivity contribution in [1.82, 2.24) is 4.57 Å². The number of para-hydroxylation sites is 1. The molecule has 0 aliphatic heterocycles. The molecule has 44 heavy (non-hydrogen) atoms. The Kier molecular flexibility index (Phi) is 4.35. The maximum Gasteiger partial charge on any atom is 0.0556 e. The van der Waals surface area contributed by atoms with Gasteiger partial charge in [0.1, 0.15) is 0 Å². The number of fused-ring (bicyclic) bond motifs is 14. The van der Waals surface area contributed by atoms with Gasteiger partial charge in [-0.25, -0.2) is 0 Å². The molecular formula is C41H25NS2. The predicted molar refractivity (Wildman–Crippen MR) is 192 cm³/mol. The van der Waals surface area contributed by atoms with Crippen molar-refractivity contribution in [2.24, 2.45) is 0 Å². The van der Waals surface area contributed by atoms with Gasteiger partial charge in [-0.05, 0) is 65.1 Å². The smallest absolute Gasteiger partial charge is 0.0556 e. The van der Waals surface area contributed by atoms with Gasteiger partial charge >= 0.3 is 0 Å². The summed E-state index contributed by atoms with van der Waals surface area (Å²) in [5.41, 5.74) is 10.9. The van der Waals surface area contributed by atoms with E-state index < -0.39 is 0 Å². The van der Waals surface area contributed by atoms with Gasteiger partial charge in [-0.1, -0.05) is 91.9 Å². The van der Waals surface area contributed by atoms with E-state index in [0.29, 0.717) is 0 Å². The molecule has 3 heteroatoms. The van der Waals surface area contributed by atoms with Crippen LogP contribution in [-0.2, 0) is 5.41 Å². The monoisotopic (exact) mass is 595 g/mol. The van der Waals surface area contributed by atoms with Gasteiger partial charge in [0, 0.05) is 62.1 Å². The highest BCUT2D eigenvalue weighted by atomic mass is 32.1. The number of thiophene rings is 2. The molecule has 0 fully saturated rings. The normalized spacial score (nSPS) is 17.1. The topological polar surface area (TPSA) is 4.93 Å². The minimum atomic E-state index is -0.0778.